The maximum absolute atomic E-state index is 13.6. The smallest absolute Gasteiger partial charge is 0.272 e. The molecule has 0 spiro atoms. The fourth-order valence-corrected chi connectivity index (χ4v) is 6.17. The lowest BCUT2D eigenvalue weighted by Gasteiger charge is -2.20. The molecular formula is C25H26N4O3S2. The first-order valence-electron chi connectivity index (χ1n) is 11.5. The first-order chi connectivity index (χ1) is 16.6. The Morgan fingerprint density at radius 2 is 1.88 bits per heavy atom. The summed E-state index contributed by atoms with van der Waals surface area (Å²) < 4.78 is 7.53. The maximum Gasteiger partial charge on any atom is 0.272 e. The summed E-state index contributed by atoms with van der Waals surface area (Å²) in [5.74, 6) is 1.13. The lowest BCUT2D eigenvalue weighted by molar-refractivity contribution is -0.128. The van der Waals surface area contributed by atoms with Crippen molar-refractivity contribution in [2.45, 2.75) is 37.4 Å². The van der Waals surface area contributed by atoms with Crippen LogP contribution < -0.4 is 10.3 Å². The number of hydrogen-bond acceptors (Lipinski definition) is 7. The van der Waals surface area contributed by atoms with Gasteiger partial charge in [0.1, 0.15) is 15.3 Å². The molecule has 1 amide bonds. The van der Waals surface area contributed by atoms with Crippen LogP contribution >= 0.6 is 23.1 Å². The van der Waals surface area contributed by atoms with Gasteiger partial charge in [-0.05, 0) is 42.7 Å². The summed E-state index contributed by atoms with van der Waals surface area (Å²) in [6, 6.07) is 11.4. The third-order valence-electron chi connectivity index (χ3n) is 6.10. The van der Waals surface area contributed by atoms with E-state index in [2.05, 4.69) is 4.98 Å². The maximum atomic E-state index is 13.6. The van der Waals surface area contributed by atoms with Crippen LogP contribution in [0.25, 0.3) is 20.4 Å². The van der Waals surface area contributed by atoms with Crippen molar-refractivity contribution in [1.82, 2.24) is 19.4 Å². The number of pyridine rings is 1. The molecule has 0 atom stereocenters. The minimum absolute atomic E-state index is 0.103. The molecule has 4 heterocycles. The zero-order valence-corrected chi connectivity index (χ0v) is 20.7. The highest BCUT2D eigenvalue weighted by atomic mass is 32.2. The Hall–Kier alpha value is -2.91. The van der Waals surface area contributed by atoms with Crippen LogP contribution in [0.5, 0.6) is 5.75 Å². The molecule has 5 rings (SSSR count). The molecule has 1 aliphatic heterocycles. The van der Waals surface area contributed by atoms with Crippen molar-refractivity contribution in [3.63, 3.8) is 0 Å². The van der Waals surface area contributed by atoms with E-state index in [1.165, 1.54) is 35.9 Å². The Morgan fingerprint density at radius 1 is 1.12 bits per heavy atom. The second kappa shape index (κ2) is 10.1. The van der Waals surface area contributed by atoms with Crippen molar-refractivity contribution >= 4 is 49.4 Å². The fraction of sp³-hybridized carbons (Fsp3) is 0.360. The summed E-state index contributed by atoms with van der Waals surface area (Å²) in [4.78, 5) is 38.6. The molecule has 9 heteroatoms. The highest BCUT2D eigenvalue weighted by molar-refractivity contribution is 7.99. The third-order valence-corrected chi connectivity index (χ3v) is 8.15. The number of benzene rings is 1. The zero-order valence-electron chi connectivity index (χ0n) is 19.0. The monoisotopic (exact) mass is 494 g/mol. The number of thiophene rings is 1. The summed E-state index contributed by atoms with van der Waals surface area (Å²) in [5, 5.41) is 1.43. The average Bonchev–Trinajstić information content (AvgIpc) is 3.03. The molecule has 0 unspecified atom stereocenters. The Balaban J connectivity index is 1.51. The number of carbonyl (C=O) groups excluding carboxylic acids is 1. The summed E-state index contributed by atoms with van der Waals surface area (Å²) in [7, 11) is 1.63. The number of methoxy groups -OCH3 is 1. The summed E-state index contributed by atoms with van der Waals surface area (Å²) in [6.07, 6.45) is 6.18. The minimum atomic E-state index is -0.103. The highest BCUT2D eigenvalue weighted by Crippen LogP contribution is 2.31. The number of ether oxygens (including phenoxy) is 1. The van der Waals surface area contributed by atoms with Gasteiger partial charge in [-0.3, -0.25) is 14.2 Å². The molecule has 1 aliphatic rings. The Labute approximate surface area is 205 Å². The number of likely N-dealkylation sites (tertiary alicyclic amines) is 1. The number of fused-ring (bicyclic) bond motifs is 3. The summed E-state index contributed by atoms with van der Waals surface area (Å²) in [5.41, 5.74) is 1.52. The van der Waals surface area contributed by atoms with Gasteiger partial charge in [-0.25, -0.2) is 9.97 Å². The van der Waals surface area contributed by atoms with E-state index >= 15 is 0 Å². The Kier molecular flexibility index (Phi) is 6.82. The van der Waals surface area contributed by atoms with Crippen LogP contribution in [0.4, 0.5) is 0 Å². The second-order valence-electron chi connectivity index (χ2n) is 8.35. The largest absolute Gasteiger partial charge is 0.497 e. The van der Waals surface area contributed by atoms with Crippen molar-refractivity contribution in [3.05, 3.63) is 58.5 Å². The molecule has 0 aliphatic carbocycles. The molecule has 7 nitrogen and oxygen atoms in total. The molecule has 0 N–H and O–H groups in total. The van der Waals surface area contributed by atoms with Gasteiger partial charge >= 0.3 is 0 Å². The van der Waals surface area contributed by atoms with E-state index in [9.17, 15) is 9.59 Å². The van der Waals surface area contributed by atoms with E-state index in [1.807, 2.05) is 41.3 Å². The number of nitrogens with zero attached hydrogens (tertiary/aromatic N) is 4. The topological polar surface area (TPSA) is 77.3 Å². The standard InChI is InChI=1S/C25H26N4O3S2/c1-32-18-10-8-17(9-11-18)15-29-24(31)22-21(19-7-6-12-26-23(19)34-22)27-25(29)33-16-20(30)28-13-4-2-3-5-14-28/h6-12H,2-5,13-16H2,1H3. The van der Waals surface area contributed by atoms with Gasteiger partial charge in [-0.15, -0.1) is 11.3 Å². The molecule has 34 heavy (non-hydrogen) atoms. The van der Waals surface area contributed by atoms with E-state index in [4.69, 9.17) is 9.72 Å². The Bertz CT molecular complexity index is 1370. The SMILES string of the molecule is COc1ccc(Cn2c(SCC(=O)N3CCCCCC3)nc3c(sc4ncccc43)c2=O)cc1. The number of rotatable bonds is 6. The molecule has 0 saturated carbocycles. The van der Waals surface area contributed by atoms with Crippen molar-refractivity contribution in [1.29, 1.82) is 0 Å². The molecule has 1 saturated heterocycles. The first kappa shape index (κ1) is 22.9. The van der Waals surface area contributed by atoms with Crippen LogP contribution in [0.1, 0.15) is 31.2 Å². The normalized spacial score (nSPS) is 14.4. The predicted octanol–water partition coefficient (Wildman–Crippen LogP) is 4.56. The van der Waals surface area contributed by atoms with Gasteiger partial charge in [0.2, 0.25) is 5.91 Å². The van der Waals surface area contributed by atoms with Crippen LogP contribution in [0, 0.1) is 0 Å². The van der Waals surface area contributed by atoms with Crippen molar-refractivity contribution in [3.8, 4) is 5.75 Å². The predicted molar refractivity (Wildman–Crippen MR) is 137 cm³/mol. The molecule has 1 aromatic carbocycles. The quantitative estimate of drug-likeness (QED) is 0.289. The molecule has 0 bridgehead atoms. The van der Waals surface area contributed by atoms with Crippen molar-refractivity contribution in [2.24, 2.45) is 0 Å². The van der Waals surface area contributed by atoms with Crippen molar-refractivity contribution < 1.29 is 9.53 Å². The summed E-state index contributed by atoms with van der Waals surface area (Å²) >= 11 is 2.71. The molecule has 176 valence electrons. The number of carbonyl (C=O) groups is 1. The van der Waals surface area contributed by atoms with E-state index in [0.717, 1.165) is 47.5 Å². The van der Waals surface area contributed by atoms with Crippen molar-refractivity contribution in [2.75, 3.05) is 26.0 Å². The van der Waals surface area contributed by atoms with Gasteiger partial charge in [-0.1, -0.05) is 36.7 Å². The molecule has 1 fully saturated rings. The molecule has 4 aromatic rings. The van der Waals surface area contributed by atoms with Gasteiger partial charge in [0, 0.05) is 24.7 Å². The van der Waals surface area contributed by atoms with E-state index in [0.29, 0.717) is 21.9 Å². The second-order valence-corrected chi connectivity index (χ2v) is 10.3. The average molecular weight is 495 g/mol. The molecule has 0 radical (unpaired) electrons. The zero-order chi connectivity index (χ0) is 23.5. The summed E-state index contributed by atoms with van der Waals surface area (Å²) in [6.45, 7) is 1.99. The van der Waals surface area contributed by atoms with E-state index in [1.54, 1.807) is 17.9 Å². The van der Waals surface area contributed by atoms with Gasteiger partial charge in [0.15, 0.2) is 5.16 Å². The molecule has 3 aromatic heterocycles. The number of amides is 1. The highest BCUT2D eigenvalue weighted by Gasteiger charge is 2.20. The lowest BCUT2D eigenvalue weighted by Crippen LogP contribution is -2.33. The molecular weight excluding hydrogens is 468 g/mol. The minimum Gasteiger partial charge on any atom is -0.497 e. The van der Waals surface area contributed by atoms with Crippen LogP contribution in [-0.4, -0.2) is 51.3 Å². The number of thioether (sulfide) groups is 1. The van der Waals surface area contributed by atoms with E-state index < -0.39 is 0 Å². The third kappa shape index (κ3) is 4.67. The fourth-order valence-electron chi connectivity index (χ4n) is 4.24. The first-order valence-corrected chi connectivity index (χ1v) is 13.3. The lowest BCUT2D eigenvalue weighted by atomic mass is 10.2. The van der Waals surface area contributed by atoms with Gasteiger partial charge in [0.25, 0.3) is 5.56 Å². The van der Waals surface area contributed by atoms with Crippen LogP contribution in [-0.2, 0) is 11.3 Å². The van der Waals surface area contributed by atoms with Gasteiger partial charge < -0.3 is 9.64 Å². The van der Waals surface area contributed by atoms with Gasteiger partial charge in [-0.2, -0.15) is 0 Å². The number of hydrogen-bond donors (Lipinski definition) is 0. The number of aromatic nitrogens is 3. The Morgan fingerprint density at radius 3 is 2.62 bits per heavy atom. The van der Waals surface area contributed by atoms with E-state index in [-0.39, 0.29) is 17.2 Å². The van der Waals surface area contributed by atoms with Gasteiger partial charge in [0.05, 0.1) is 24.9 Å². The van der Waals surface area contributed by atoms with Crippen LogP contribution in [0.15, 0.2) is 52.5 Å². The van der Waals surface area contributed by atoms with Crippen LogP contribution in [0.3, 0.4) is 0 Å². The van der Waals surface area contributed by atoms with Crippen LogP contribution in [0.2, 0.25) is 0 Å².